The summed E-state index contributed by atoms with van der Waals surface area (Å²) >= 11 is 2.32. The van der Waals surface area contributed by atoms with Gasteiger partial charge < -0.3 is 9.47 Å². The fourth-order valence-corrected chi connectivity index (χ4v) is 2.80. The van der Waals surface area contributed by atoms with Crippen LogP contribution in [0.15, 0.2) is 0 Å². The summed E-state index contributed by atoms with van der Waals surface area (Å²) in [6, 6.07) is 0. The summed E-state index contributed by atoms with van der Waals surface area (Å²) in [4.78, 5) is 11.2. The number of carbonyl (C=O) groups is 1. The van der Waals surface area contributed by atoms with Gasteiger partial charge in [-0.3, -0.25) is 4.79 Å². The predicted octanol–water partition coefficient (Wildman–Crippen LogP) is 2.17. The Bertz CT molecular complexity index is 196. The fourth-order valence-electron chi connectivity index (χ4n) is 1.73. The molecule has 0 aromatic heterocycles. The van der Waals surface area contributed by atoms with Gasteiger partial charge in [0.15, 0.2) is 0 Å². The second-order valence-corrected chi connectivity index (χ2v) is 4.55. The summed E-state index contributed by atoms with van der Waals surface area (Å²) < 4.78 is 11.6. The molecule has 82 valence electrons. The molecule has 0 radical (unpaired) electrons. The van der Waals surface area contributed by atoms with E-state index in [0.29, 0.717) is 25.0 Å². The quantitative estimate of drug-likeness (QED) is 0.453. The monoisotopic (exact) mass is 312 g/mol. The van der Waals surface area contributed by atoms with E-state index in [-0.39, 0.29) is 12.1 Å². The van der Waals surface area contributed by atoms with Crippen LogP contribution in [0.4, 0.5) is 0 Å². The molecule has 4 heteroatoms. The van der Waals surface area contributed by atoms with Crippen molar-refractivity contribution in [3.63, 3.8) is 0 Å². The molecular formula is C10H17IO3. The molecule has 0 N–H and O–H groups in total. The summed E-state index contributed by atoms with van der Waals surface area (Å²) in [6.45, 7) is 4.45. The molecule has 1 rings (SSSR count). The first-order chi connectivity index (χ1) is 6.67. The highest BCUT2D eigenvalue weighted by Crippen LogP contribution is 2.29. The van der Waals surface area contributed by atoms with E-state index in [9.17, 15) is 4.79 Å². The van der Waals surface area contributed by atoms with Crippen LogP contribution < -0.4 is 0 Å². The highest BCUT2D eigenvalue weighted by molar-refractivity contribution is 14.1. The first-order valence-electron chi connectivity index (χ1n) is 5.04. The van der Waals surface area contributed by atoms with Crippen LogP contribution in [0.1, 0.15) is 26.7 Å². The van der Waals surface area contributed by atoms with Crippen LogP contribution in [-0.4, -0.2) is 29.2 Å². The molecule has 0 aromatic rings. The van der Waals surface area contributed by atoms with Crippen molar-refractivity contribution in [3.8, 4) is 0 Å². The summed E-state index contributed by atoms with van der Waals surface area (Å²) in [6.07, 6.45) is 1.77. The normalized spacial score (nSPS) is 31.8. The van der Waals surface area contributed by atoms with E-state index in [1.165, 1.54) is 0 Å². The Kier molecular flexibility index (Phi) is 5.15. The molecule has 1 aliphatic heterocycles. The van der Waals surface area contributed by atoms with Crippen LogP contribution in [0.3, 0.4) is 0 Å². The van der Waals surface area contributed by atoms with E-state index in [1.807, 2.05) is 6.92 Å². The maximum Gasteiger partial charge on any atom is 0.308 e. The average Bonchev–Trinajstić information content (AvgIpc) is 2.46. The van der Waals surface area contributed by atoms with E-state index in [0.717, 1.165) is 10.8 Å². The Balaban J connectivity index is 2.31. The van der Waals surface area contributed by atoms with Crippen molar-refractivity contribution in [1.29, 1.82) is 0 Å². The van der Waals surface area contributed by atoms with Crippen molar-refractivity contribution in [1.82, 2.24) is 0 Å². The molecule has 1 saturated heterocycles. The zero-order valence-corrected chi connectivity index (χ0v) is 10.8. The van der Waals surface area contributed by atoms with Gasteiger partial charge in [0.25, 0.3) is 0 Å². The molecular weight excluding hydrogens is 295 g/mol. The van der Waals surface area contributed by atoms with Gasteiger partial charge in [-0.15, -0.1) is 0 Å². The molecule has 0 aromatic carbocycles. The number of alkyl halides is 1. The van der Waals surface area contributed by atoms with Crippen molar-refractivity contribution in [2.24, 2.45) is 5.92 Å². The van der Waals surface area contributed by atoms with Crippen molar-refractivity contribution in [3.05, 3.63) is 0 Å². The van der Waals surface area contributed by atoms with E-state index >= 15 is 0 Å². The molecule has 14 heavy (non-hydrogen) atoms. The van der Waals surface area contributed by atoms with E-state index in [4.69, 9.17) is 9.47 Å². The third kappa shape index (κ3) is 3.38. The van der Waals surface area contributed by atoms with Gasteiger partial charge in [0.05, 0.1) is 25.2 Å². The molecule has 0 spiro atoms. The van der Waals surface area contributed by atoms with Gasteiger partial charge in [-0.2, -0.15) is 0 Å². The smallest absolute Gasteiger partial charge is 0.308 e. The highest BCUT2D eigenvalue weighted by atomic mass is 127. The minimum atomic E-state index is -0.140. The number of halogens is 1. The van der Waals surface area contributed by atoms with Crippen molar-refractivity contribution in [2.45, 2.75) is 38.9 Å². The lowest BCUT2D eigenvalue weighted by atomic mass is 10.0. The summed E-state index contributed by atoms with van der Waals surface area (Å²) in [5, 5.41) is 0. The lowest BCUT2D eigenvalue weighted by Gasteiger charge is -2.11. The van der Waals surface area contributed by atoms with Crippen LogP contribution in [0, 0.1) is 5.92 Å². The van der Waals surface area contributed by atoms with Crippen LogP contribution >= 0.6 is 22.6 Å². The molecule has 0 saturated carbocycles. The first-order valence-corrected chi connectivity index (χ1v) is 6.57. The van der Waals surface area contributed by atoms with Gasteiger partial charge >= 0.3 is 5.97 Å². The Morgan fingerprint density at radius 1 is 1.64 bits per heavy atom. The van der Waals surface area contributed by atoms with Gasteiger partial charge in [-0.25, -0.2) is 0 Å². The molecule has 3 nitrogen and oxygen atoms in total. The molecule has 0 bridgehead atoms. The van der Waals surface area contributed by atoms with Crippen LogP contribution in [0.5, 0.6) is 0 Å². The van der Waals surface area contributed by atoms with Crippen LogP contribution in [0.2, 0.25) is 0 Å². The molecule has 0 aliphatic carbocycles. The first kappa shape index (κ1) is 12.2. The zero-order valence-electron chi connectivity index (χ0n) is 8.66. The Morgan fingerprint density at radius 2 is 2.36 bits per heavy atom. The molecule has 1 fully saturated rings. The van der Waals surface area contributed by atoms with Gasteiger partial charge in [0.2, 0.25) is 0 Å². The standard InChI is InChI=1S/C10H17IO3/c1-3-13-10(12)5-8-4-7(2)9(6-11)14-8/h7-9H,3-6H2,1-2H3. The second-order valence-electron chi connectivity index (χ2n) is 3.67. The van der Waals surface area contributed by atoms with Crippen molar-refractivity contribution >= 4 is 28.6 Å². The molecule has 1 aliphatic rings. The minimum Gasteiger partial charge on any atom is -0.466 e. The second kappa shape index (κ2) is 5.90. The van der Waals surface area contributed by atoms with Crippen molar-refractivity contribution in [2.75, 3.05) is 11.0 Å². The largest absolute Gasteiger partial charge is 0.466 e. The van der Waals surface area contributed by atoms with E-state index in [2.05, 4.69) is 29.5 Å². The third-order valence-corrected chi connectivity index (χ3v) is 3.36. The third-order valence-electron chi connectivity index (χ3n) is 2.49. The molecule has 3 atom stereocenters. The van der Waals surface area contributed by atoms with Crippen molar-refractivity contribution < 1.29 is 14.3 Å². The maximum absolute atomic E-state index is 11.2. The van der Waals surface area contributed by atoms with E-state index in [1.54, 1.807) is 0 Å². The lowest BCUT2D eigenvalue weighted by Crippen LogP contribution is -2.18. The Hall–Kier alpha value is 0.160. The van der Waals surface area contributed by atoms with E-state index < -0.39 is 0 Å². The lowest BCUT2D eigenvalue weighted by molar-refractivity contribution is -0.145. The molecule has 0 amide bonds. The SMILES string of the molecule is CCOC(=O)CC1CC(C)C(CI)O1. The van der Waals surface area contributed by atoms with Crippen LogP contribution in [0.25, 0.3) is 0 Å². The number of carbonyl (C=O) groups excluding carboxylic acids is 1. The van der Waals surface area contributed by atoms with Gasteiger partial charge in [0, 0.05) is 4.43 Å². The summed E-state index contributed by atoms with van der Waals surface area (Å²) in [7, 11) is 0. The number of ether oxygens (including phenoxy) is 2. The zero-order chi connectivity index (χ0) is 10.6. The highest BCUT2D eigenvalue weighted by Gasteiger charge is 2.32. The molecule has 3 unspecified atom stereocenters. The van der Waals surface area contributed by atoms with Crippen LogP contribution in [-0.2, 0) is 14.3 Å². The number of hydrogen-bond donors (Lipinski definition) is 0. The maximum atomic E-state index is 11.2. The number of rotatable bonds is 4. The van der Waals surface area contributed by atoms with Gasteiger partial charge in [0.1, 0.15) is 0 Å². The minimum absolute atomic E-state index is 0.0730. The topological polar surface area (TPSA) is 35.5 Å². The number of esters is 1. The van der Waals surface area contributed by atoms with Gasteiger partial charge in [-0.1, -0.05) is 29.5 Å². The van der Waals surface area contributed by atoms with Gasteiger partial charge in [-0.05, 0) is 19.3 Å². The Morgan fingerprint density at radius 3 is 2.86 bits per heavy atom. The number of hydrogen-bond acceptors (Lipinski definition) is 3. The summed E-state index contributed by atoms with van der Waals surface area (Å²) in [5.41, 5.74) is 0. The average molecular weight is 312 g/mol. The predicted molar refractivity (Wildman–Crippen MR) is 62.6 cm³/mol. The summed E-state index contributed by atoms with van der Waals surface area (Å²) in [5.74, 6) is 0.421. The molecule has 1 heterocycles. The fraction of sp³-hybridized carbons (Fsp3) is 0.900. The Labute approximate surface area is 98.7 Å².